The van der Waals surface area contributed by atoms with E-state index in [4.69, 9.17) is 11.6 Å². The van der Waals surface area contributed by atoms with E-state index in [2.05, 4.69) is 5.32 Å². The molecule has 2 aromatic rings. The topological polar surface area (TPSA) is 49.4 Å². The van der Waals surface area contributed by atoms with Crippen molar-refractivity contribution in [2.45, 2.75) is 23.5 Å². The van der Waals surface area contributed by atoms with Crippen molar-refractivity contribution >= 4 is 46.6 Å². The van der Waals surface area contributed by atoms with Crippen LogP contribution in [0.2, 0.25) is 5.02 Å². The van der Waals surface area contributed by atoms with Gasteiger partial charge in [-0.1, -0.05) is 29.3 Å². The van der Waals surface area contributed by atoms with Crippen LogP contribution in [0.1, 0.15) is 12.0 Å². The predicted octanol–water partition coefficient (Wildman–Crippen LogP) is 4.11. The fourth-order valence-corrected chi connectivity index (χ4v) is 3.72. The number of fused-ring (bicyclic) bond motifs is 1. The SMILES string of the molecule is Cc1ccc(N(C)C(=O)CC2Sc3ccc(Cl)cc3NC2=O)cc1. The lowest BCUT2D eigenvalue weighted by Crippen LogP contribution is -2.35. The molecule has 0 fully saturated rings. The van der Waals surface area contributed by atoms with Crippen LogP contribution in [0.25, 0.3) is 0 Å². The fraction of sp³-hybridized carbons (Fsp3) is 0.222. The maximum absolute atomic E-state index is 12.5. The zero-order valence-electron chi connectivity index (χ0n) is 13.4. The number of halogens is 1. The Labute approximate surface area is 150 Å². The molecule has 2 aromatic carbocycles. The third kappa shape index (κ3) is 3.57. The van der Waals surface area contributed by atoms with Crippen LogP contribution >= 0.6 is 23.4 Å². The summed E-state index contributed by atoms with van der Waals surface area (Å²) in [6.07, 6.45) is 0.142. The lowest BCUT2D eigenvalue weighted by molar-refractivity contribution is -0.122. The van der Waals surface area contributed by atoms with Gasteiger partial charge in [-0.25, -0.2) is 0 Å². The number of benzene rings is 2. The van der Waals surface area contributed by atoms with Crippen molar-refractivity contribution in [3.63, 3.8) is 0 Å². The molecule has 24 heavy (non-hydrogen) atoms. The van der Waals surface area contributed by atoms with E-state index < -0.39 is 5.25 Å². The Hall–Kier alpha value is -1.98. The van der Waals surface area contributed by atoms with Crippen LogP contribution in [0.3, 0.4) is 0 Å². The molecule has 0 saturated heterocycles. The van der Waals surface area contributed by atoms with Gasteiger partial charge in [0.05, 0.1) is 10.9 Å². The summed E-state index contributed by atoms with van der Waals surface area (Å²) in [6, 6.07) is 13.1. The highest BCUT2D eigenvalue weighted by molar-refractivity contribution is 8.01. The Kier molecular flexibility index (Phi) is 4.83. The Morgan fingerprint density at radius 1 is 1.25 bits per heavy atom. The highest BCUT2D eigenvalue weighted by Crippen LogP contribution is 2.38. The van der Waals surface area contributed by atoms with Gasteiger partial charge in [-0.15, -0.1) is 11.8 Å². The van der Waals surface area contributed by atoms with E-state index in [1.54, 1.807) is 24.1 Å². The molecule has 0 bridgehead atoms. The van der Waals surface area contributed by atoms with Crippen LogP contribution in [-0.4, -0.2) is 24.1 Å². The summed E-state index contributed by atoms with van der Waals surface area (Å²) >= 11 is 7.34. The molecule has 1 unspecified atom stereocenters. The summed E-state index contributed by atoms with van der Waals surface area (Å²) in [6.45, 7) is 2.00. The summed E-state index contributed by atoms with van der Waals surface area (Å²) < 4.78 is 0. The quantitative estimate of drug-likeness (QED) is 0.895. The first-order valence-corrected chi connectivity index (χ1v) is 8.80. The van der Waals surface area contributed by atoms with Crippen molar-refractivity contribution in [3.8, 4) is 0 Å². The summed E-state index contributed by atoms with van der Waals surface area (Å²) in [4.78, 5) is 27.3. The van der Waals surface area contributed by atoms with E-state index in [0.29, 0.717) is 10.7 Å². The lowest BCUT2D eigenvalue weighted by Gasteiger charge is -2.25. The smallest absolute Gasteiger partial charge is 0.238 e. The normalized spacial score (nSPS) is 16.3. The number of nitrogens with one attached hydrogen (secondary N) is 1. The zero-order valence-corrected chi connectivity index (χ0v) is 14.9. The number of aryl methyl sites for hydroxylation is 1. The van der Waals surface area contributed by atoms with Gasteiger partial charge in [-0.05, 0) is 37.3 Å². The minimum absolute atomic E-state index is 0.0936. The molecule has 4 nitrogen and oxygen atoms in total. The summed E-state index contributed by atoms with van der Waals surface area (Å²) in [5, 5.41) is 2.95. The van der Waals surface area contributed by atoms with Crippen LogP contribution in [0, 0.1) is 6.92 Å². The van der Waals surface area contributed by atoms with E-state index in [1.165, 1.54) is 11.8 Å². The molecule has 0 saturated carbocycles. The third-order valence-corrected chi connectivity index (χ3v) is 5.43. The van der Waals surface area contributed by atoms with Crippen LogP contribution in [-0.2, 0) is 9.59 Å². The molecule has 1 N–H and O–H groups in total. The first kappa shape index (κ1) is 16.9. The van der Waals surface area contributed by atoms with Crippen LogP contribution < -0.4 is 10.2 Å². The van der Waals surface area contributed by atoms with E-state index >= 15 is 0 Å². The third-order valence-electron chi connectivity index (χ3n) is 3.92. The Bertz CT molecular complexity index is 792. The number of amides is 2. The highest BCUT2D eigenvalue weighted by Gasteiger charge is 2.30. The van der Waals surface area contributed by atoms with Gasteiger partial charge in [0.25, 0.3) is 0 Å². The summed E-state index contributed by atoms with van der Waals surface area (Å²) in [7, 11) is 1.73. The van der Waals surface area contributed by atoms with Crippen LogP contribution in [0.15, 0.2) is 47.4 Å². The number of carbonyl (C=O) groups is 2. The second kappa shape index (κ2) is 6.87. The van der Waals surface area contributed by atoms with Crippen LogP contribution in [0.4, 0.5) is 11.4 Å². The predicted molar refractivity (Wildman–Crippen MR) is 98.9 cm³/mol. The molecule has 0 aromatic heterocycles. The molecule has 3 rings (SSSR count). The molecular weight excluding hydrogens is 344 g/mol. The maximum atomic E-state index is 12.5. The van der Waals surface area contributed by atoms with Crippen molar-refractivity contribution in [2.24, 2.45) is 0 Å². The van der Waals surface area contributed by atoms with Gasteiger partial charge in [0.2, 0.25) is 11.8 Å². The van der Waals surface area contributed by atoms with Crippen LogP contribution in [0.5, 0.6) is 0 Å². The van der Waals surface area contributed by atoms with E-state index in [1.807, 2.05) is 37.3 Å². The van der Waals surface area contributed by atoms with Gasteiger partial charge in [0.1, 0.15) is 0 Å². The van der Waals surface area contributed by atoms with E-state index in [9.17, 15) is 9.59 Å². The van der Waals surface area contributed by atoms with Gasteiger partial charge in [0.15, 0.2) is 0 Å². The first-order valence-electron chi connectivity index (χ1n) is 7.54. The Morgan fingerprint density at radius 3 is 2.67 bits per heavy atom. The average Bonchev–Trinajstić information content (AvgIpc) is 2.55. The molecule has 1 aliphatic rings. The van der Waals surface area contributed by atoms with E-state index in [0.717, 1.165) is 16.1 Å². The van der Waals surface area contributed by atoms with Gasteiger partial charge in [-0.3, -0.25) is 9.59 Å². The number of carbonyl (C=O) groups excluding carboxylic acids is 2. The van der Waals surface area contributed by atoms with Gasteiger partial charge >= 0.3 is 0 Å². The molecule has 1 aliphatic heterocycles. The van der Waals surface area contributed by atoms with Gasteiger partial charge < -0.3 is 10.2 Å². The minimum Gasteiger partial charge on any atom is -0.324 e. The Balaban J connectivity index is 1.71. The van der Waals surface area contributed by atoms with Crippen molar-refractivity contribution in [1.82, 2.24) is 0 Å². The number of nitrogens with zero attached hydrogens (tertiary/aromatic N) is 1. The lowest BCUT2D eigenvalue weighted by atomic mass is 10.2. The first-order chi connectivity index (χ1) is 11.4. The van der Waals surface area contributed by atoms with E-state index in [-0.39, 0.29) is 18.2 Å². The summed E-state index contributed by atoms with van der Waals surface area (Å²) in [5.74, 6) is -0.260. The van der Waals surface area contributed by atoms with Crippen molar-refractivity contribution < 1.29 is 9.59 Å². The van der Waals surface area contributed by atoms with Gasteiger partial charge in [0, 0.05) is 29.1 Å². The number of hydrogen-bond donors (Lipinski definition) is 1. The molecule has 0 aliphatic carbocycles. The van der Waals surface area contributed by atoms with Crippen molar-refractivity contribution in [3.05, 3.63) is 53.1 Å². The van der Waals surface area contributed by atoms with Crippen molar-refractivity contribution in [1.29, 1.82) is 0 Å². The molecule has 1 atom stereocenters. The highest BCUT2D eigenvalue weighted by atomic mass is 35.5. The Morgan fingerprint density at radius 2 is 1.96 bits per heavy atom. The molecule has 0 spiro atoms. The second-order valence-corrected chi connectivity index (χ2v) is 7.41. The minimum atomic E-state index is -0.445. The van der Waals surface area contributed by atoms with Gasteiger partial charge in [-0.2, -0.15) is 0 Å². The number of thioether (sulfide) groups is 1. The number of anilines is 2. The number of hydrogen-bond acceptors (Lipinski definition) is 3. The average molecular weight is 361 g/mol. The van der Waals surface area contributed by atoms with Crippen molar-refractivity contribution in [2.75, 3.05) is 17.3 Å². The fourth-order valence-electron chi connectivity index (χ4n) is 2.46. The molecule has 2 amide bonds. The monoisotopic (exact) mass is 360 g/mol. The molecule has 124 valence electrons. The molecular formula is C18H17ClN2O2S. The summed E-state index contributed by atoms with van der Waals surface area (Å²) in [5.41, 5.74) is 2.66. The number of rotatable bonds is 3. The molecule has 6 heteroatoms. The largest absolute Gasteiger partial charge is 0.324 e. The molecule has 1 heterocycles. The zero-order chi connectivity index (χ0) is 17.3. The molecule has 0 radical (unpaired) electrons. The second-order valence-electron chi connectivity index (χ2n) is 5.73. The maximum Gasteiger partial charge on any atom is 0.238 e. The standard InChI is InChI=1S/C18H17ClN2O2S/c1-11-3-6-13(7-4-11)21(2)17(22)10-16-18(23)20-14-9-12(19)5-8-15(14)24-16/h3-9,16H,10H2,1-2H3,(H,20,23).